The van der Waals surface area contributed by atoms with Crippen LogP contribution in [0.15, 0.2) is 29.2 Å². The highest BCUT2D eigenvalue weighted by molar-refractivity contribution is 8.00. The summed E-state index contributed by atoms with van der Waals surface area (Å²) in [6.45, 7) is 3.47. The molecule has 1 atom stereocenters. The molecule has 0 heterocycles. The first kappa shape index (κ1) is 17.8. The van der Waals surface area contributed by atoms with E-state index >= 15 is 0 Å². The fraction of sp³-hybridized carbons (Fsp3) is 0.462. The number of carbonyl (C=O) groups is 1. The lowest BCUT2D eigenvalue weighted by Crippen LogP contribution is -2.48. The van der Waals surface area contributed by atoms with Crippen LogP contribution in [0.4, 0.5) is 5.69 Å². The van der Waals surface area contributed by atoms with E-state index in [4.69, 9.17) is 11.5 Å². The van der Waals surface area contributed by atoms with E-state index in [9.17, 15) is 13.2 Å². The minimum Gasteiger partial charge on any atom is -0.399 e. The van der Waals surface area contributed by atoms with Gasteiger partial charge in [0.05, 0.1) is 5.75 Å². The number of nitrogen functional groups attached to an aromatic ring is 1. The fourth-order valence-electron chi connectivity index (χ4n) is 1.61. The minimum absolute atomic E-state index is 0.0848. The molecule has 6 nitrogen and oxygen atoms in total. The van der Waals surface area contributed by atoms with Crippen molar-refractivity contribution in [2.75, 3.05) is 17.2 Å². The molecule has 0 radical (unpaired) electrons. The summed E-state index contributed by atoms with van der Waals surface area (Å²) in [5.74, 6) is -0.566. The molecule has 21 heavy (non-hydrogen) atoms. The summed E-state index contributed by atoms with van der Waals surface area (Å²) in [5, 5.41) is 0. The van der Waals surface area contributed by atoms with Crippen LogP contribution in [0.5, 0.6) is 0 Å². The third kappa shape index (κ3) is 6.36. The molecule has 0 saturated heterocycles. The van der Waals surface area contributed by atoms with Gasteiger partial charge in [-0.25, -0.2) is 13.1 Å². The number of nitrogens with two attached hydrogens (primary N) is 2. The summed E-state index contributed by atoms with van der Waals surface area (Å²) in [5.41, 5.74) is 11.4. The average Bonchev–Trinajstić information content (AvgIpc) is 2.37. The Hall–Kier alpha value is -1.25. The molecule has 5 N–H and O–H groups in total. The highest BCUT2D eigenvalue weighted by Gasteiger charge is 2.25. The van der Waals surface area contributed by atoms with Crippen molar-refractivity contribution in [3.63, 3.8) is 0 Å². The van der Waals surface area contributed by atoms with Gasteiger partial charge in [0.15, 0.2) is 0 Å². The second kappa shape index (κ2) is 7.67. The van der Waals surface area contributed by atoms with Gasteiger partial charge in [-0.05, 0) is 30.2 Å². The van der Waals surface area contributed by atoms with Crippen LogP contribution in [0.1, 0.15) is 13.8 Å². The van der Waals surface area contributed by atoms with Crippen LogP contribution in [0, 0.1) is 5.92 Å². The molecule has 118 valence electrons. The second-order valence-electron chi connectivity index (χ2n) is 4.98. The Morgan fingerprint density at radius 2 is 1.86 bits per heavy atom. The largest absolute Gasteiger partial charge is 0.399 e. The number of rotatable bonds is 8. The van der Waals surface area contributed by atoms with Crippen LogP contribution in [0.3, 0.4) is 0 Å². The molecular weight excluding hydrogens is 310 g/mol. The van der Waals surface area contributed by atoms with E-state index < -0.39 is 22.0 Å². The number of sulfonamides is 1. The van der Waals surface area contributed by atoms with Gasteiger partial charge in [0.25, 0.3) is 0 Å². The molecule has 0 aliphatic heterocycles. The number of anilines is 1. The summed E-state index contributed by atoms with van der Waals surface area (Å²) >= 11 is 1.41. The maximum absolute atomic E-state index is 11.9. The molecule has 0 fully saturated rings. The summed E-state index contributed by atoms with van der Waals surface area (Å²) in [6, 6.07) is 6.31. The van der Waals surface area contributed by atoms with Gasteiger partial charge in [0, 0.05) is 16.3 Å². The molecule has 0 spiro atoms. The smallest absolute Gasteiger partial charge is 0.235 e. The van der Waals surface area contributed by atoms with Crippen LogP contribution in [0.25, 0.3) is 0 Å². The minimum atomic E-state index is -3.55. The van der Waals surface area contributed by atoms with Crippen LogP contribution >= 0.6 is 11.8 Å². The molecule has 1 unspecified atom stereocenters. The van der Waals surface area contributed by atoms with Crippen molar-refractivity contribution in [2.45, 2.75) is 24.8 Å². The van der Waals surface area contributed by atoms with E-state index in [1.165, 1.54) is 11.8 Å². The van der Waals surface area contributed by atoms with Crippen molar-refractivity contribution in [3.8, 4) is 0 Å². The molecule has 1 aromatic carbocycles. The number of hydrogen-bond donors (Lipinski definition) is 3. The summed E-state index contributed by atoms with van der Waals surface area (Å²) in [4.78, 5) is 12.2. The molecule has 0 aliphatic rings. The SMILES string of the molecule is CC(C)C(NS(=O)(=O)CCSc1ccc(N)cc1)C(N)=O. The van der Waals surface area contributed by atoms with Gasteiger partial charge in [-0.2, -0.15) is 0 Å². The zero-order chi connectivity index (χ0) is 16.0. The Morgan fingerprint density at radius 3 is 2.33 bits per heavy atom. The van der Waals surface area contributed by atoms with Gasteiger partial charge in [-0.3, -0.25) is 4.79 Å². The van der Waals surface area contributed by atoms with Gasteiger partial charge < -0.3 is 11.5 Å². The van der Waals surface area contributed by atoms with Gasteiger partial charge in [-0.15, -0.1) is 11.8 Å². The van der Waals surface area contributed by atoms with Gasteiger partial charge in [0.1, 0.15) is 6.04 Å². The van der Waals surface area contributed by atoms with E-state index in [0.717, 1.165) is 4.90 Å². The number of carbonyl (C=O) groups excluding carboxylic acids is 1. The molecule has 1 rings (SSSR count). The van der Waals surface area contributed by atoms with E-state index in [1.54, 1.807) is 26.0 Å². The molecule has 0 saturated carbocycles. The molecule has 0 aliphatic carbocycles. The number of hydrogen-bond acceptors (Lipinski definition) is 5. The Balaban J connectivity index is 2.53. The fourth-order valence-corrected chi connectivity index (χ4v) is 4.28. The van der Waals surface area contributed by atoms with Crippen LogP contribution in [-0.4, -0.2) is 31.9 Å². The molecule has 0 aromatic heterocycles. The van der Waals surface area contributed by atoms with Gasteiger partial charge >= 0.3 is 0 Å². The Morgan fingerprint density at radius 1 is 1.29 bits per heavy atom. The lowest BCUT2D eigenvalue weighted by molar-refractivity contribution is -0.120. The second-order valence-corrected chi connectivity index (χ2v) is 8.02. The van der Waals surface area contributed by atoms with Crippen molar-refractivity contribution in [1.82, 2.24) is 4.72 Å². The van der Waals surface area contributed by atoms with Crippen LogP contribution < -0.4 is 16.2 Å². The maximum atomic E-state index is 11.9. The third-order valence-corrected chi connectivity index (χ3v) is 5.41. The quantitative estimate of drug-likeness (QED) is 0.481. The Labute approximate surface area is 129 Å². The Bertz CT molecular complexity index is 571. The summed E-state index contributed by atoms with van der Waals surface area (Å²) < 4.78 is 26.2. The van der Waals surface area contributed by atoms with Crippen molar-refractivity contribution in [3.05, 3.63) is 24.3 Å². The Kier molecular flexibility index (Phi) is 6.50. The molecule has 1 amide bonds. The number of thioether (sulfide) groups is 1. The first-order chi connectivity index (χ1) is 9.71. The monoisotopic (exact) mass is 331 g/mol. The normalized spacial score (nSPS) is 13.3. The van der Waals surface area contributed by atoms with Gasteiger partial charge in [0.2, 0.25) is 15.9 Å². The van der Waals surface area contributed by atoms with Crippen LogP contribution in [0.2, 0.25) is 0 Å². The average molecular weight is 331 g/mol. The first-order valence-corrected chi connectivity index (χ1v) is 9.13. The van der Waals surface area contributed by atoms with Crippen LogP contribution in [-0.2, 0) is 14.8 Å². The lowest BCUT2D eigenvalue weighted by Gasteiger charge is -2.18. The van der Waals surface area contributed by atoms with E-state index in [-0.39, 0.29) is 11.7 Å². The molecular formula is C13H21N3O3S2. The molecule has 8 heteroatoms. The third-order valence-electron chi connectivity index (χ3n) is 2.78. The summed E-state index contributed by atoms with van der Waals surface area (Å²) in [7, 11) is -3.55. The summed E-state index contributed by atoms with van der Waals surface area (Å²) in [6.07, 6.45) is 0. The van der Waals surface area contributed by atoms with Gasteiger partial charge in [-0.1, -0.05) is 13.8 Å². The zero-order valence-corrected chi connectivity index (χ0v) is 13.7. The van der Waals surface area contributed by atoms with Crippen molar-refractivity contribution >= 4 is 33.4 Å². The topological polar surface area (TPSA) is 115 Å². The predicted octanol–water partition coefficient (Wildman–Crippen LogP) is 0.790. The highest BCUT2D eigenvalue weighted by atomic mass is 32.2. The number of benzene rings is 1. The molecule has 1 aromatic rings. The zero-order valence-electron chi connectivity index (χ0n) is 12.1. The maximum Gasteiger partial charge on any atom is 0.235 e. The predicted molar refractivity (Wildman–Crippen MR) is 86.3 cm³/mol. The van der Waals surface area contributed by atoms with E-state index in [1.807, 2.05) is 12.1 Å². The van der Waals surface area contributed by atoms with E-state index in [2.05, 4.69) is 4.72 Å². The van der Waals surface area contributed by atoms with Crippen molar-refractivity contribution < 1.29 is 13.2 Å². The number of primary amides is 1. The molecule has 0 bridgehead atoms. The van der Waals surface area contributed by atoms with E-state index in [0.29, 0.717) is 11.4 Å². The number of amides is 1. The first-order valence-electron chi connectivity index (χ1n) is 6.49. The highest BCUT2D eigenvalue weighted by Crippen LogP contribution is 2.19. The van der Waals surface area contributed by atoms with Crippen molar-refractivity contribution in [1.29, 1.82) is 0 Å². The standard InChI is InChI=1S/C13H21N3O3S2/c1-9(2)12(13(15)17)16-21(18,19)8-7-20-11-5-3-10(14)4-6-11/h3-6,9,12,16H,7-8,14H2,1-2H3,(H2,15,17). The van der Waals surface area contributed by atoms with Crippen molar-refractivity contribution in [2.24, 2.45) is 11.7 Å². The lowest BCUT2D eigenvalue weighted by atomic mass is 10.1. The number of nitrogens with one attached hydrogen (secondary N) is 1.